The highest BCUT2D eigenvalue weighted by molar-refractivity contribution is 4.97. The van der Waals surface area contributed by atoms with Crippen molar-refractivity contribution < 1.29 is 4.84 Å². The molecule has 0 spiro atoms. The number of aromatic nitrogens is 2. The Morgan fingerprint density at radius 3 is 3.17 bits per heavy atom. The number of nitrogens with zero attached hydrogens (tertiary/aromatic N) is 2. The Hall–Kier alpha value is -0.870. The first-order chi connectivity index (χ1) is 5.88. The summed E-state index contributed by atoms with van der Waals surface area (Å²) in [6.45, 7) is 3.87. The molecule has 0 saturated heterocycles. The van der Waals surface area contributed by atoms with Crippen LogP contribution in [0.1, 0.15) is 19.0 Å². The fourth-order valence-electron chi connectivity index (χ4n) is 1.08. The summed E-state index contributed by atoms with van der Waals surface area (Å²) in [5, 5.41) is 0. The van der Waals surface area contributed by atoms with Gasteiger partial charge in [-0.3, -0.25) is 0 Å². The van der Waals surface area contributed by atoms with E-state index in [-0.39, 0.29) is 0 Å². The Balaban J connectivity index is 2.51. The Labute approximate surface area is 72.5 Å². The second-order valence-electron chi connectivity index (χ2n) is 2.60. The number of nitrogens with one attached hydrogen (secondary N) is 1. The van der Waals surface area contributed by atoms with Crippen molar-refractivity contribution in [2.75, 3.05) is 7.11 Å². The molecule has 0 unspecified atom stereocenters. The molecule has 0 aromatic carbocycles. The maximum Gasteiger partial charge on any atom is 0.0948 e. The van der Waals surface area contributed by atoms with Crippen LogP contribution >= 0.6 is 0 Å². The van der Waals surface area contributed by atoms with Gasteiger partial charge < -0.3 is 9.40 Å². The number of hydrogen-bond donors (Lipinski definition) is 1. The summed E-state index contributed by atoms with van der Waals surface area (Å²) in [4.78, 5) is 8.82. The van der Waals surface area contributed by atoms with Crippen LogP contribution in [0.15, 0.2) is 12.5 Å². The lowest BCUT2D eigenvalue weighted by Gasteiger charge is -2.05. The van der Waals surface area contributed by atoms with Gasteiger partial charge in [-0.15, -0.1) is 0 Å². The van der Waals surface area contributed by atoms with E-state index in [1.165, 1.54) is 0 Å². The quantitative estimate of drug-likeness (QED) is 0.667. The molecule has 1 aromatic rings. The van der Waals surface area contributed by atoms with E-state index in [0.717, 1.165) is 18.7 Å². The van der Waals surface area contributed by atoms with Crippen molar-refractivity contribution in [2.45, 2.75) is 26.4 Å². The van der Waals surface area contributed by atoms with Gasteiger partial charge in [0.15, 0.2) is 0 Å². The molecule has 0 aliphatic heterocycles. The lowest BCUT2D eigenvalue weighted by molar-refractivity contribution is 0.0850. The van der Waals surface area contributed by atoms with E-state index in [1.807, 2.05) is 12.5 Å². The van der Waals surface area contributed by atoms with Gasteiger partial charge in [-0.2, -0.15) is 5.48 Å². The Morgan fingerprint density at radius 1 is 1.67 bits per heavy atom. The van der Waals surface area contributed by atoms with E-state index in [2.05, 4.69) is 22.0 Å². The molecule has 4 nitrogen and oxygen atoms in total. The van der Waals surface area contributed by atoms with E-state index >= 15 is 0 Å². The third-order valence-electron chi connectivity index (χ3n) is 1.66. The second-order valence-corrected chi connectivity index (χ2v) is 2.60. The Bertz CT molecular complexity index is 222. The molecule has 1 rings (SSSR count). The predicted molar refractivity (Wildman–Crippen MR) is 46.4 cm³/mol. The molecule has 1 N–H and O–H groups in total. The highest BCUT2D eigenvalue weighted by atomic mass is 16.6. The SMILES string of the molecule is CCCn1cncc1CNOC. The van der Waals surface area contributed by atoms with Crippen LogP contribution in [-0.4, -0.2) is 16.7 Å². The van der Waals surface area contributed by atoms with Crippen molar-refractivity contribution in [1.29, 1.82) is 0 Å². The molecule has 0 fully saturated rings. The van der Waals surface area contributed by atoms with Gasteiger partial charge in [-0.05, 0) is 6.42 Å². The van der Waals surface area contributed by atoms with Gasteiger partial charge in [0.25, 0.3) is 0 Å². The standard InChI is InChI=1S/C8H15N3O/c1-3-4-11-7-9-5-8(11)6-10-12-2/h5,7,10H,3-4,6H2,1-2H3. The summed E-state index contributed by atoms with van der Waals surface area (Å²) >= 11 is 0. The lowest BCUT2D eigenvalue weighted by atomic mass is 10.4. The molecule has 1 heterocycles. The molecule has 0 atom stereocenters. The maximum absolute atomic E-state index is 4.76. The van der Waals surface area contributed by atoms with Gasteiger partial charge in [0, 0.05) is 12.7 Å². The summed E-state index contributed by atoms with van der Waals surface area (Å²) in [7, 11) is 1.61. The van der Waals surface area contributed by atoms with Gasteiger partial charge in [-0.1, -0.05) is 6.92 Å². The van der Waals surface area contributed by atoms with Crippen LogP contribution in [0.3, 0.4) is 0 Å². The van der Waals surface area contributed by atoms with Crippen molar-refractivity contribution in [3.63, 3.8) is 0 Å². The first-order valence-corrected chi connectivity index (χ1v) is 4.13. The third-order valence-corrected chi connectivity index (χ3v) is 1.66. The van der Waals surface area contributed by atoms with Crippen LogP contribution in [-0.2, 0) is 17.9 Å². The van der Waals surface area contributed by atoms with Crippen molar-refractivity contribution in [1.82, 2.24) is 15.0 Å². The highest BCUT2D eigenvalue weighted by Gasteiger charge is 1.98. The smallest absolute Gasteiger partial charge is 0.0948 e. The largest absolute Gasteiger partial charge is 0.333 e. The van der Waals surface area contributed by atoms with Crippen LogP contribution in [0.5, 0.6) is 0 Å². The fraction of sp³-hybridized carbons (Fsp3) is 0.625. The van der Waals surface area contributed by atoms with Crippen molar-refractivity contribution in [2.24, 2.45) is 0 Å². The molecule has 0 amide bonds. The van der Waals surface area contributed by atoms with Crippen molar-refractivity contribution in [3.8, 4) is 0 Å². The van der Waals surface area contributed by atoms with Crippen LogP contribution in [0.4, 0.5) is 0 Å². The molecular formula is C8H15N3O. The minimum Gasteiger partial charge on any atom is -0.333 e. The molecule has 0 aliphatic rings. The molecule has 12 heavy (non-hydrogen) atoms. The van der Waals surface area contributed by atoms with E-state index in [4.69, 9.17) is 4.84 Å². The summed E-state index contributed by atoms with van der Waals surface area (Å²) in [5.41, 5.74) is 3.94. The predicted octanol–water partition coefficient (Wildman–Crippen LogP) is 0.944. The molecular weight excluding hydrogens is 154 g/mol. The van der Waals surface area contributed by atoms with E-state index in [0.29, 0.717) is 6.54 Å². The Kier molecular flexibility index (Phi) is 3.76. The summed E-state index contributed by atoms with van der Waals surface area (Å²) in [6.07, 6.45) is 4.81. The van der Waals surface area contributed by atoms with E-state index in [1.54, 1.807) is 7.11 Å². The monoisotopic (exact) mass is 169 g/mol. The Morgan fingerprint density at radius 2 is 2.50 bits per heavy atom. The number of hydroxylamine groups is 1. The highest BCUT2D eigenvalue weighted by Crippen LogP contribution is 1.99. The third kappa shape index (κ3) is 2.32. The molecule has 0 radical (unpaired) electrons. The minimum absolute atomic E-state index is 0.705. The molecule has 4 heteroatoms. The summed E-state index contributed by atoms with van der Waals surface area (Å²) < 4.78 is 2.12. The van der Waals surface area contributed by atoms with Gasteiger partial charge >= 0.3 is 0 Å². The van der Waals surface area contributed by atoms with Crippen LogP contribution < -0.4 is 5.48 Å². The van der Waals surface area contributed by atoms with Gasteiger partial charge in [-0.25, -0.2) is 4.98 Å². The van der Waals surface area contributed by atoms with Gasteiger partial charge in [0.05, 0.1) is 25.7 Å². The van der Waals surface area contributed by atoms with Crippen LogP contribution in [0.2, 0.25) is 0 Å². The van der Waals surface area contributed by atoms with Gasteiger partial charge in [0.2, 0.25) is 0 Å². The van der Waals surface area contributed by atoms with Crippen molar-refractivity contribution >= 4 is 0 Å². The van der Waals surface area contributed by atoms with E-state index < -0.39 is 0 Å². The maximum atomic E-state index is 4.76. The van der Waals surface area contributed by atoms with Crippen LogP contribution in [0.25, 0.3) is 0 Å². The number of hydrogen-bond acceptors (Lipinski definition) is 3. The first-order valence-electron chi connectivity index (χ1n) is 4.13. The second kappa shape index (κ2) is 4.90. The number of rotatable bonds is 5. The van der Waals surface area contributed by atoms with E-state index in [9.17, 15) is 0 Å². The minimum atomic E-state index is 0.705. The zero-order valence-corrected chi connectivity index (χ0v) is 7.58. The lowest BCUT2D eigenvalue weighted by Crippen LogP contribution is -2.14. The fourth-order valence-corrected chi connectivity index (χ4v) is 1.08. The molecule has 0 aliphatic carbocycles. The summed E-state index contributed by atoms with van der Waals surface area (Å²) in [6, 6.07) is 0. The zero-order valence-electron chi connectivity index (χ0n) is 7.58. The van der Waals surface area contributed by atoms with Crippen molar-refractivity contribution in [3.05, 3.63) is 18.2 Å². The molecule has 0 bridgehead atoms. The van der Waals surface area contributed by atoms with Gasteiger partial charge in [0.1, 0.15) is 0 Å². The number of aryl methyl sites for hydroxylation is 1. The first kappa shape index (κ1) is 9.22. The average Bonchev–Trinajstić information content (AvgIpc) is 2.50. The summed E-state index contributed by atoms with van der Waals surface area (Å²) in [5.74, 6) is 0. The normalized spacial score (nSPS) is 10.5. The molecule has 68 valence electrons. The molecule has 1 aromatic heterocycles. The van der Waals surface area contributed by atoms with Crippen LogP contribution in [0, 0.1) is 0 Å². The average molecular weight is 169 g/mol. The topological polar surface area (TPSA) is 39.1 Å². The zero-order chi connectivity index (χ0) is 8.81. The number of imidazole rings is 1. The molecule has 0 saturated carbocycles.